The highest BCUT2D eigenvalue weighted by atomic mass is 35.5. The Morgan fingerprint density at radius 3 is 2.81 bits per heavy atom. The predicted molar refractivity (Wildman–Crippen MR) is 62.9 cm³/mol. The molecule has 1 aromatic rings. The Kier molecular flexibility index (Phi) is 2.39. The fraction of sp³-hybridized carbons (Fsp3) is 0.636. The average Bonchev–Trinajstić information content (AvgIpc) is 3.11. The first-order valence-electron chi connectivity index (χ1n) is 5.76. The number of rotatable bonds is 4. The van der Waals surface area contributed by atoms with Gasteiger partial charge in [-0.2, -0.15) is 5.10 Å². The van der Waals surface area contributed by atoms with Gasteiger partial charge in [0.15, 0.2) is 0 Å². The Morgan fingerprint density at radius 1 is 1.44 bits per heavy atom. The quantitative estimate of drug-likeness (QED) is 0.873. The van der Waals surface area contributed by atoms with E-state index in [0.717, 1.165) is 19.4 Å². The number of nitrogens with one attached hydrogen (secondary N) is 1. The molecule has 1 heterocycles. The lowest BCUT2D eigenvalue weighted by molar-refractivity contribution is 0.534. The Morgan fingerprint density at radius 2 is 2.19 bits per heavy atom. The monoisotopic (exact) mass is 239 g/mol. The lowest BCUT2D eigenvalue weighted by Crippen LogP contribution is -2.27. The van der Waals surface area contributed by atoms with Gasteiger partial charge in [0, 0.05) is 12.6 Å². The highest BCUT2D eigenvalue weighted by Gasteiger charge is 2.26. The van der Waals surface area contributed by atoms with Crippen molar-refractivity contribution in [3.8, 4) is 0 Å². The summed E-state index contributed by atoms with van der Waals surface area (Å²) < 4.78 is 1.54. The van der Waals surface area contributed by atoms with E-state index in [9.17, 15) is 4.79 Å². The largest absolute Gasteiger partial charge is 0.377 e. The number of hydrogen-bond donors (Lipinski definition) is 1. The molecular weight excluding hydrogens is 226 g/mol. The zero-order chi connectivity index (χ0) is 11.1. The van der Waals surface area contributed by atoms with Gasteiger partial charge >= 0.3 is 0 Å². The predicted octanol–water partition coefficient (Wildman–Crippen LogP) is 1.88. The maximum Gasteiger partial charge on any atom is 0.291 e. The van der Waals surface area contributed by atoms with Crippen molar-refractivity contribution in [2.45, 2.75) is 38.3 Å². The van der Waals surface area contributed by atoms with Crippen LogP contribution in [0.4, 0.5) is 5.69 Å². The van der Waals surface area contributed by atoms with Crippen molar-refractivity contribution in [2.75, 3.05) is 5.32 Å². The number of aromatic nitrogens is 2. The van der Waals surface area contributed by atoms with Crippen molar-refractivity contribution in [3.05, 3.63) is 21.6 Å². The summed E-state index contributed by atoms with van der Waals surface area (Å²) in [4.78, 5) is 12.1. The third-order valence-electron chi connectivity index (χ3n) is 3.05. The molecule has 16 heavy (non-hydrogen) atoms. The van der Waals surface area contributed by atoms with Crippen LogP contribution in [0.15, 0.2) is 11.0 Å². The van der Waals surface area contributed by atoms with Gasteiger partial charge in [-0.3, -0.25) is 4.79 Å². The molecule has 0 spiro atoms. The van der Waals surface area contributed by atoms with Gasteiger partial charge in [-0.1, -0.05) is 11.6 Å². The van der Waals surface area contributed by atoms with Crippen LogP contribution in [0.2, 0.25) is 5.02 Å². The zero-order valence-electron chi connectivity index (χ0n) is 8.95. The first-order valence-corrected chi connectivity index (χ1v) is 6.14. The van der Waals surface area contributed by atoms with Crippen LogP contribution in [0, 0.1) is 5.92 Å². The summed E-state index contributed by atoms with van der Waals surface area (Å²) in [7, 11) is 0. The second kappa shape index (κ2) is 3.77. The normalized spacial score (nSPS) is 19.8. The molecule has 1 N–H and O–H groups in total. The summed E-state index contributed by atoms with van der Waals surface area (Å²) in [5.41, 5.74) is 0.450. The Balaban J connectivity index is 1.89. The molecule has 1 aromatic heterocycles. The third-order valence-corrected chi connectivity index (χ3v) is 3.34. The van der Waals surface area contributed by atoms with Gasteiger partial charge in [-0.25, -0.2) is 4.68 Å². The minimum Gasteiger partial charge on any atom is -0.377 e. The van der Waals surface area contributed by atoms with Crippen molar-refractivity contribution in [1.82, 2.24) is 9.78 Å². The molecule has 0 aliphatic heterocycles. The smallest absolute Gasteiger partial charge is 0.291 e. The summed E-state index contributed by atoms with van der Waals surface area (Å²) in [6, 6.07) is 0.432. The van der Waals surface area contributed by atoms with E-state index in [1.165, 1.54) is 17.5 Å². The second-order valence-corrected chi connectivity index (χ2v) is 5.12. The first kappa shape index (κ1) is 10.1. The first-order chi connectivity index (χ1) is 7.74. The Bertz CT molecular complexity index is 463. The van der Waals surface area contributed by atoms with Gasteiger partial charge in [-0.15, -0.1) is 0 Å². The van der Waals surface area contributed by atoms with Crippen LogP contribution in [0.5, 0.6) is 0 Å². The topological polar surface area (TPSA) is 46.9 Å². The van der Waals surface area contributed by atoms with Crippen molar-refractivity contribution in [2.24, 2.45) is 5.92 Å². The third kappa shape index (κ3) is 2.07. The minimum atomic E-state index is -0.0775. The molecule has 0 atom stereocenters. The van der Waals surface area contributed by atoms with Crippen molar-refractivity contribution >= 4 is 17.3 Å². The molecule has 0 radical (unpaired) electrons. The van der Waals surface area contributed by atoms with Crippen molar-refractivity contribution in [3.63, 3.8) is 0 Å². The molecule has 3 rings (SSSR count). The fourth-order valence-corrected chi connectivity index (χ4v) is 1.89. The standard InChI is InChI=1S/C11H14ClN3O/c12-9-5-13-15(6-7-1-2-7)11(16)10(9)14-8-3-4-8/h5,7-8,14H,1-4,6H2. The van der Waals surface area contributed by atoms with E-state index in [2.05, 4.69) is 10.4 Å². The van der Waals surface area contributed by atoms with E-state index in [0.29, 0.717) is 22.7 Å². The second-order valence-electron chi connectivity index (χ2n) is 4.72. The van der Waals surface area contributed by atoms with Gasteiger partial charge in [0.05, 0.1) is 11.2 Å². The molecule has 2 aliphatic rings. The van der Waals surface area contributed by atoms with Crippen LogP contribution in [-0.2, 0) is 6.54 Å². The van der Waals surface area contributed by atoms with Crippen LogP contribution in [-0.4, -0.2) is 15.8 Å². The number of anilines is 1. The molecule has 0 bridgehead atoms. The molecule has 4 nitrogen and oxygen atoms in total. The van der Waals surface area contributed by atoms with Crippen LogP contribution in [0.3, 0.4) is 0 Å². The van der Waals surface area contributed by atoms with Gasteiger partial charge < -0.3 is 5.32 Å². The van der Waals surface area contributed by atoms with Gasteiger partial charge in [0.25, 0.3) is 5.56 Å². The summed E-state index contributed by atoms with van der Waals surface area (Å²) in [5.74, 6) is 0.639. The van der Waals surface area contributed by atoms with Crippen LogP contribution in [0.25, 0.3) is 0 Å². The molecule has 0 amide bonds. The number of hydrogen-bond acceptors (Lipinski definition) is 3. The molecule has 0 unspecified atom stereocenters. The maximum absolute atomic E-state index is 12.1. The Hall–Kier alpha value is -1.03. The molecule has 2 fully saturated rings. The molecular formula is C11H14ClN3O. The van der Waals surface area contributed by atoms with Gasteiger partial charge in [-0.05, 0) is 31.6 Å². The lowest BCUT2D eigenvalue weighted by atomic mass is 10.4. The zero-order valence-corrected chi connectivity index (χ0v) is 9.70. The van der Waals surface area contributed by atoms with Crippen LogP contribution < -0.4 is 10.9 Å². The summed E-state index contributed by atoms with van der Waals surface area (Å²) in [5, 5.41) is 7.69. The van der Waals surface area contributed by atoms with E-state index >= 15 is 0 Å². The van der Waals surface area contributed by atoms with Crippen LogP contribution in [0.1, 0.15) is 25.7 Å². The molecule has 86 valence electrons. The molecule has 0 saturated heterocycles. The highest BCUT2D eigenvalue weighted by molar-refractivity contribution is 6.33. The van der Waals surface area contributed by atoms with Gasteiger partial charge in [0.2, 0.25) is 0 Å². The summed E-state index contributed by atoms with van der Waals surface area (Å²) in [6.07, 6.45) is 6.24. The fourth-order valence-electron chi connectivity index (χ4n) is 1.71. The molecule has 2 aliphatic carbocycles. The SMILES string of the molecule is O=c1c(NC2CC2)c(Cl)cnn1CC1CC1. The number of halogens is 1. The Labute approximate surface area is 98.6 Å². The molecule has 5 heteroatoms. The molecule has 0 aromatic carbocycles. The van der Waals surface area contributed by atoms with Crippen LogP contribution >= 0.6 is 11.6 Å². The summed E-state index contributed by atoms with van der Waals surface area (Å²) >= 11 is 5.99. The van der Waals surface area contributed by atoms with Crippen molar-refractivity contribution < 1.29 is 0 Å². The molecule has 2 saturated carbocycles. The highest BCUT2D eigenvalue weighted by Crippen LogP contribution is 2.30. The summed E-state index contributed by atoms with van der Waals surface area (Å²) in [6.45, 7) is 0.731. The maximum atomic E-state index is 12.1. The van der Waals surface area contributed by atoms with Crippen molar-refractivity contribution in [1.29, 1.82) is 0 Å². The minimum absolute atomic E-state index is 0.0775. The van der Waals surface area contributed by atoms with E-state index in [1.807, 2.05) is 0 Å². The van der Waals surface area contributed by atoms with E-state index < -0.39 is 0 Å². The van der Waals surface area contributed by atoms with E-state index in [-0.39, 0.29) is 5.56 Å². The van der Waals surface area contributed by atoms with E-state index in [4.69, 9.17) is 11.6 Å². The average molecular weight is 240 g/mol. The lowest BCUT2D eigenvalue weighted by Gasteiger charge is -2.09. The van der Waals surface area contributed by atoms with E-state index in [1.54, 1.807) is 6.20 Å². The van der Waals surface area contributed by atoms with Gasteiger partial charge in [0.1, 0.15) is 5.69 Å². The number of nitrogens with zero attached hydrogens (tertiary/aromatic N) is 2.